The molecule has 1 aromatic heterocycles. The minimum Gasteiger partial charge on any atom is -0.493 e. The first-order valence-corrected chi connectivity index (χ1v) is 11.0. The SMILES string of the molecule is Cc1cccc(OCCc2noc(C3CCCN(C(=O)C4CCCCC4)C3)n2)c1. The van der Waals surface area contributed by atoms with Crippen LogP contribution in [0.1, 0.15) is 68.1 Å². The van der Waals surface area contributed by atoms with Crippen molar-refractivity contribution >= 4 is 5.91 Å². The van der Waals surface area contributed by atoms with Crippen LogP contribution in [0, 0.1) is 12.8 Å². The lowest BCUT2D eigenvalue weighted by Gasteiger charge is -2.34. The van der Waals surface area contributed by atoms with E-state index < -0.39 is 0 Å². The van der Waals surface area contributed by atoms with Gasteiger partial charge in [0.2, 0.25) is 11.8 Å². The van der Waals surface area contributed by atoms with E-state index in [4.69, 9.17) is 9.26 Å². The van der Waals surface area contributed by atoms with E-state index in [2.05, 4.69) is 10.1 Å². The van der Waals surface area contributed by atoms with Crippen LogP contribution in [0.25, 0.3) is 0 Å². The van der Waals surface area contributed by atoms with Gasteiger partial charge in [-0.25, -0.2) is 0 Å². The normalized spacial score (nSPS) is 20.6. The van der Waals surface area contributed by atoms with Crippen LogP contribution in [0.5, 0.6) is 5.75 Å². The molecule has 1 unspecified atom stereocenters. The van der Waals surface area contributed by atoms with E-state index in [1.54, 1.807) is 0 Å². The molecule has 1 amide bonds. The number of ether oxygens (including phenoxy) is 1. The first-order valence-electron chi connectivity index (χ1n) is 11.0. The Balaban J connectivity index is 1.29. The van der Waals surface area contributed by atoms with Crippen molar-refractivity contribution in [1.29, 1.82) is 0 Å². The van der Waals surface area contributed by atoms with E-state index in [0.29, 0.717) is 37.2 Å². The molecule has 156 valence electrons. The summed E-state index contributed by atoms with van der Waals surface area (Å²) in [7, 11) is 0. The van der Waals surface area contributed by atoms with Crippen LogP contribution >= 0.6 is 0 Å². The molecule has 1 saturated heterocycles. The highest BCUT2D eigenvalue weighted by Crippen LogP contribution is 2.30. The number of carbonyl (C=O) groups excluding carboxylic acids is 1. The van der Waals surface area contributed by atoms with E-state index in [0.717, 1.165) is 38.0 Å². The number of likely N-dealkylation sites (tertiary alicyclic amines) is 1. The largest absolute Gasteiger partial charge is 0.493 e. The molecule has 4 rings (SSSR count). The number of hydrogen-bond donors (Lipinski definition) is 0. The molecule has 0 bridgehead atoms. The third-order valence-corrected chi connectivity index (χ3v) is 6.10. The van der Waals surface area contributed by atoms with Gasteiger partial charge in [0.05, 0.1) is 12.5 Å². The maximum atomic E-state index is 12.9. The van der Waals surface area contributed by atoms with Crippen molar-refractivity contribution in [2.75, 3.05) is 19.7 Å². The lowest BCUT2D eigenvalue weighted by Crippen LogP contribution is -2.42. The molecule has 0 N–H and O–H groups in total. The van der Waals surface area contributed by atoms with Crippen LogP contribution in [-0.2, 0) is 11.2 Å². The maximum absolute atomic E-state index is 12.9. The number of piperidine rings is 1. The van der Waals surface area contributed by atoms with Gasteiger partial charge in [0.25, 0.3) is 0 Å². The Morgan fingerprint density at radius 3 is 2.90 bits per heavy atom. The van der Waals surface area contributed by atoms with Crippen LogP contribution < -0.4 is 4.74 Å². The Bertz CT molecular complexity index is 813. The number of nitrogens with zero attached hydrogens (tertiary/aromatic N) is 3. The first kappa shape index (κ1) is 19.9. The number of rotatable bonds is 6. The Morgan fingerprint density at radius 2 is 2.07 bits per heavy atom. The molecule has 1 atom stereocenters. The van der Waals surface area contributed by atoms with E-state index in [9.17, 15) is 4.79 Å². The number of amides is 1. The Labute approximate surface area is 172 Å². The number of aryl methyl sites for hydroxylation is 1. The van der Waals surface area contributed by atoms with E-state index >= 15 is 0 Å². The quantitative estimate of drug-likeness (QED) is 0.727. The minimum atomic E-state index is 0.148. The van der Waals surface area contributed by atoms with Crippen LogP contribution in [-0.4, -0.2) is 40.6 Å². The van der Waals surface area contributed by atoms with Crippen LogP contribution in [0.4, 0.5) is 0 Å². The molecule has 2 aromatic rings. The molecule has 2 heterocycles. The summed E-state index contributed by atoms with van der Waals surface area (Å²) in [6.45, 7) is 4.12. The van der Waals surface area contributed by atoms with Gasteiger partial charge in [0, 0.05) is 25.4 Å². The standard InChI is InChI=1S/C23H31N3O3/c1-17-7-5-11-20(15-17)28-14-12-21-24-22(29-25-21)19-10-6-13-26(16-19)23(27)18-8-3-2-4-9-18/h5,7,11,15,18-19H,2-4,6,8-10,12-14,16H2,1H3. The molecule has 0 spiro atoms. The highest BCUT2D eigenvalue weighted by Gasteiger charge is 2.32. The lowest BCUT2D eigenvalue weighted by molar-refractivity contribution is -0.137. The number of carbonyl (C=O) groups is 1. The fourth-order valence-corrected chi connectivity index (χ4v) is 4.49. The van der Waals surface area contributed by atoms with Crippen molar-refractivity contribution in [2.24, 2.45) is 5.92 Å². The predicted octanol–water partition coefficient (Wildman–Crippen LogP) is 4.29. The predicted molar refractivity (Wildman–Crippen MR) is 110 cm³/mol. The highest BCUT2D eigenvalue weighted by atomic mass is 16.5. The molecule has 2 fully saturated rings. The summed E-state index contributed by atoms with van der Waals surface area (Å²) in [5.41, 5.74) is 1.17. The average Bonchev–Trinajstić information content (AvgIpc) is 3.23. The maximum Gasteiger partial charge on any atom is 0.231 e. The molecule has 1 saturated carbocycles. The van der Waals surface area contributed by atoms with Crippen molar-refractivity contribution in [1.82, 2.24) is 15.0 Å². The van der Waals surface area contributed by atoms with Gasteiger partial charge >= 0.3 is 0 Å². The van der Waals surface area contributed by atoms with Gasteiger partial charge in [0.1, 0.15) is 5.75 Å². The molecule has 29 heavy (non-hydrogen) atoms. The van der Waals surface area contributed by atoms with Gasteiger partial charge in [-0.05, 0) is 50.3 Å². The minimum absolute atomic E-state index is 0.148. The molecular weight excluding hydrogens is 366 g/mol. The van der Waals surface area contributed by atoms with E-state index in [-0.39, 0.29) is 11.8 Å². The average molecular weight is 398 g/mol. The number of hydrogen-bond acceptors (Lipinski definition) is 5. The van der Waals surface area contributed by atoms with E-state index in [1.165, 1.54) is 24.8 Å². The first-order chi connectivity index (χ1) is 14.2. The van der Waals surface area contributed by atoms with Crippen molar-refractivity contribution in [3.8, 4) is 5.75 Å². The second-order valence-electron chi connectivity index (χ2n) is 8.42. The van der Waals surface area contributed by atoms with Crippen molar-refractivity contribution in [3.05, 3.63) is 41.5 Å². The van der Waals surface area contributed by atoms with Crippen molar-refractivity contribution in [2.45, 2.75) is 64.2 Å². The van der Waals surface area contributed by atoms with E-state index in [1.807, 2.05) is 36.1 Å². The number of benzene rings is 1. The van der Waals surface area contributed by atoms with Crippen molar-refractivity contribution < 1.29 is 14.1 Å². The summed E-state index contributed by atoms with van der Waals surface area (Å²) in [6, 6.07) is 8.00. The smallest absolute Gasteiger partial charge is 0.231 e. The summed E-state index contributed by atoms with van der Waals surface area (Å²) in [5, 5.41) is 4.13. The Morgan fingerprint density at radius 1 is 1.21 bits per heavy atom. The molecule has 1 aromatic carbocycles. The van der Waals surface area contributed by atoms with Crippen LogP contribution in [0.15, 0.2) is 28.8 Å². The monoisotopic (exact) mass is 397 g/mol. The Kier molecular flexibility index (Phi) is 6.47. The third-order valence-electron chi connectivity index (χ3n) is 6.10. The molecular formula is C23H31N3O3. The molecule has 6 heteroatoms. The summed E-state index contributed by atoms with van der Waals surface area (Å²) in [6.07, 6.45) is 8.33. The van der Waals surface area contributed by atoms with Gasteiger partial charge in [-0.2, -0.15) is 4.98 Å². The van der Waals surface area contributed by atoms with Crippen molar-refractivity contribution in [3.63, 3.8) is 0 Å². The van der Waals surface area contributed by atoms with Gasteiger partial charge < -0.3 is 14.2 Å². The molecule has 6 nitrogen and oxygen atoms in total. The van der Waals surface area contributed by atoms with Crippen LogP contribution in [0.3, 0.4) is 0 Å². The molecule has 2 aliphatic rings. The van der Waals surface area contributed by atoms with Gasteiger partial charge in [-0.15, -0.1) is 0 Å². The van der Waals surface area contributed by atoms with Crippen LogP contribution in [0.2, 0.25) is 0 Å². The Hall–Kier alpha value is -2.37. The zero-order valence-electron chi connectivity index (χ0n) is 17.3. The summed E-state index contributed by atoms with van der Waals surface area (Å²) < 4.78 is 11.3. The zero-order valence-corrected chi connectivity index (χ0v) is 17.3. The fourth-order valence-electron chi connectivity index (χ4n) is 4.49. The highest BCUT2D eigenvalue weighted by molar-refractivity contribution is 5.79. The van der Waals surface area contributed by atoms with Gasteiger partial charge in [-0.1, -0.05) is 36.6 Å². The number of aromatic nitrogens is 2. The lowest BCUT2D eigenvalue weighted by atomic mass is 9.87. The third kappa shape index (κ3) is 5.17. The van der Waals surface area contributed by atoms with Gasteiger partial charge in [0.15, 0.2) is 5.82 Å². The summed E-state index contributed by atoms with van der Waals surface area (Å²) >= 11 is 0. The molecule has 1 aliphatic heterocycles. The molecule has 0 radical (unpaired) electrons. The zero-order chi connectivity index (χ0) is 20.1. The summed E-state index contributed by atoms with van der Waals surface area (Å²) in [4.78, 5) is 19.5. The van der Waals surface area contributed by atoms with Gasteiger partial charge in [-0.3, -0.25) is 4.79 Å². The fraction of sp³-hybridized carbons (Fsp3) is 0.609. The second-order valence-corrected chi connectivity index (χ2v) is 8.42. The topological polar surface area (TPSA) is 68.5 Å². The second kappa shape index (κ2) is 9.42. The molecule has 1 aliphatic carbocycles. The summed E-state index contributed by atoms with van der Waals surface area (Å²) in [5.74, 6) is 2.90.